The van der Waals surface area contributed by atoms with E-state index in [0.29, 0.717) is 6.21 Å². The highest BCUT2D eigenvalue weighted by Gasteiger charge is 2.36. The molecule has 0 saturated carbocycles. The Kier molecular flexibility index (Phi) is 10.7. The zero-order chi connectivity index (χ0) is 26.1. The van der Waals surface area contributed by atoms with E-state index < -0.39 is 33.4 Å². The van der Waals surface area contributed by atoms with Crippen LogP contribution in [0.2, 0.25) is 15.1 Å². The maximum Gasteiger partial charge on any atom is 0.298 e. The first kappa shape index (κ1) is 28.5. The van der Waals surface area contributed by atoms with E-state index in [9.17, 15) is 12.8 Å². The molecule has 0 unspecified atom stereocenters. The van der Waals surface area contributed by atoms with Crippen LogP contribution in [-0.2, 0) is 37.0 Å². The van der Waals surface area contributed by atoms with E-state index >= 15 is 0 Å². The number of ether oxygens (including phenoxy) is 2. The lowest BCUT2D eigenvalue weighted by Gasteiger charge is -2.28. The van der Waals surface area contributed by atoms with Gasteiger partial charge in [0.1, 0.15) is 17.1 Å². The summed E-state index contributed by atoms with van der Waals surface area (Å²) in [6.45, 7) is -0.298. The molecule has 0 aliphatic rings. The van der Waals surface area contributed by atoms with Crippen molar-refractivity contribution in [3.8, 4) is 0 Å². The third-order valence-electron chi connectivity index (χ3n) is 5.01. The van der Waals surface area contributed by atoms with Crippen LogP contribution in [-0.4, -0.2) is 39.6 Å². The molecular formula is C25H23Cl3FNO5S. The van der Waals surface area contributed by atoms with Gasteiger partial charge in [-0.2, -0.15) is 8.42 Å². The van der Waals surface area contributed by atoms with Gasteiger partial charge in [0.25, 0.3) is 10.1 Å². The molecule has 3 aromatic rings. The fraction of sp³-hybridized carbons (Fsp3) is 0.240. The van der Waals surface area contributed by atoms with Gasteiger partial charge in [-0.05, 0) is 23.3 Å². The normalized spacial score (nSPS) is 14.2. The van der Waals surface area contributed by atoms with Gasteiger partial charge in [0.05, 0.1) is 34.9 Å². The minimum absolute atomic E-state index is 0.0497. The summed E-state index contributed by atoms with van der Waals surface area (Å²) < 4.78 is 58.0. The summed E-state index contributed by atoms with van der Waals surface area (Å²) in [5.41, 5.74) is 1.54. The molecule has 0 amide bonds. The molecule has 6 nitrogen and oxygen atoms in total. The number of nitrogens with one attached hydrogen (secondary N) is 1. The first-order valence-corrected chi connectivity index (χ1v) is 13.2. The van der Waals surface area contributed by atoms with E-state index in [-0.39, 0.29) is 34.9 Å². The Balaban J connectivity index is 1.88. The van der Waals surface area contributed by atoms with Gasteiger partial charge in [0.15, 0.2) is 6.17 Å². The van der Waals surface area contributed by atoms with Crippen LogP contribution >= 0.6 is 34.8 Å². The maximum absolute atomic E-state index is 14.9. The summed E-state index contributed by atoms with van der Waals surface area (Å²) >= 11 is 18.0. The quantitative estimate of drug-likeness (QED) is 0.143. The molecule has 192 valence electrons. The molecule has 0 saturated heterocycles. The Morgan fingerprint density at radius 3 is 2.00 bits per heavy atom. The molecule has 0 fully saturated rings. The van der Waals surface area contributed by atoms with E-state index in [1.807, 2.05) is 36.4 Å². The predicted octanol–water partition coefficient (Wildman–Crippen LogP) is 6.51. The smallest absolute Gasteiger partial charge is 0.298 e. The first-order chi connectivity index (χ1) is 17.2. The fourth-order valence-corrected chi connectivity index (χ4v) is 5.27. The summed E-state index contributed by atoms with van der Waals surface area (Å²) in [6.07, 6.45) is -4.43. The zero-order valence-corrected chi connectivity index (χ0v) is 21.9. The second-order valence-electron chi connectivity index (χ2n) is 7.66. The first-order valence-electron chi connectivity index (χ1n) is 10.7. The van der Waals surface area contributed by atoms with Gasteiger partial charge in [-0.25, -0.2) is 4.39 Å². The summed E-state index contributed by atoms with van der Waals surface area (Å²) in [6, 6.07) is 20.3. The van der Waals surface area contributed by atoms with Gasteiger partial charge in [0.2, 0.25) is 0 Å². The molecule has 0 aliphatic carbocycles. The minimum atomic E-state index is -4.57. The largest absolute Gasteiger partial charge is 0.374 e. The molecule has 36 heavy (non-hydrogen) atoms. The second-order valence-corrected chi connectivity index (χ2v) is 10.4. The van der Waals surface area contributed by atoms with Crippen molar-refractivity contribution in [3.63, 3.8) is 0 Å². The van der Waals surface area contributed by atoms with Crippen molar-refractivity contribution in [1.29, 1.82) is 5.41 Å². The molecule has 11 heteroatoms. The van der Waals surface area contributed by atoms with Gasteiger partial charge in [-0.3, -0.25) is 4.18 Å². The number of alkyl halides is 1. The molecule has 3 aromatic carbocycles. The van der Waals surface area contributed by atoms with Crippen molar-refractivity contribution in [3.05, 3.63) is 99.0 Å². The average molecular weight is 575 g/mol. The lowest BCUT2D eigenvalue weighted by molar-refractivity contribution is -0.0852. The van der Waals surface area contributed by atoms with Crippen LogP contribution in [0.4, 0.5) is 4.39 Å². The van der Waals surface area contributed by atoms with Gasteiger partial charge >= 0.3 is 0 Å². The van der Waals surface area contributed by atoms with Gasteiger partial charge in [-0.15, -0.1) is 0 Å². The Labute approximate surface area is 224 Å². The van der Waals surface area contributed by atoms with E-state index in [1.165, 1.54) is 6.07 Å². The minimum Gasteiger partial charge on any atom is -0.374 e. The lowest BCUT2D eigenvalue weighted by atomic mass is 10.1. The number of halogens is 4. The van der Waals surface area contributed by atoms with E-state index in [4.69, 9.17) is 53.9 Å². The number of hydrogen-bond donors (Lipinski definition) is 1. The van der Waals surface area contributed by atoms with Crippen molar-refractivity contribution < 1.29 is 26.5 Å². The van der Waals surface area contributed by atoms with Crippen LogP contribution in [0.3, 0.4) is 0 Å². The highest BCUT2D eigenvalue weighted by Crippen LogP contribution is 2.33. The van der Waals surface area contributed by atoms with E-state index in [0.717, 1.165) is 17.2 Å². The second kappa shape index (κ2) is 13.5. The van der Waals surface area contributed by atoms with E-state index in [1.54, 1.807) is 24.3 Å². The predicted molar refractivity (Wildman–Crippen MR) is 138 cm³/mol. The van der Waals surface area contributed by atoms with Crippen LogP contribution in [0.5, 0.6) is 0 Å². The number of benzene rings is 3. The highest BCUT2D eigenvalue weighted by molar-refractivity contribution is 7.87. The van der Waals surface area contributed by atoms with Crippen molar-refractivity contribution in [1.82, 2.24) is 0 Å². The Hall–Kier alpha value is -2.04. The maximum atomic E-state index is 14.9. The molecule has 3 atom stereocenters. The van der Waals surface area contributed by atoms with Crippen LogP contribution in [0.15, 0.2) is 77.7 Å². The Bertz CT molecular complexity index is 1250. The molecule has 0 aliphatic heterocycles. The lowest BCUT2D eigenvalue weighted by Crippen LogP contribution is -2.44. The average Bonchev–Trinajstić information content (AvgIpc) is 2.87. The fourth-order valence-electron chi connectivity index (χ4n) is 3.22. The molecule has 3 rings (SSSR count). The molecule has 0 spiro atoms. The van der Waals surface area contributed by atoms with Gasteiger partial charge < -0.3 is 14.9 Å². The molecular weight excluding hydrogens is 552 g/mol. The summed E-state index contributed by atoms with van der Waals surface area (Å²) in [4.78, 5) is -0.446. The molecule has 0 bridgehead atoms. The molecule has 0 aromatic heterocycles. The Morgan fingerprint density at radius 2 is 1.42 bits per heavy atom. The SMILES string of the molecule is N=C[C@@H](F)[C@H](OCc1ccccc1)[C@H](COCc1ccccc1)OS(=O)(=O)c1cc(Cl)c(Cl)cc1Cl. The Morgan fingerprint density at radius 1 is 0.861 bits per heavy atom. The highest BCUT2D eigenvalue weighted by atomic mass is 35.5. The van der Waals surface area contributed by atoms with Crippen LogP contribution < -0.4 is 0 Å². The van der Waals surface area contributed by atoms with Crippen LogP contribution in [0.1, 0.15) is 11.1 Å². The summed E-state index contributed by atoms with van der Waals surface area (Å²) in [5.74, 6) is 0. The molecule has 0 radical (unpaired) electrons. The van der Waals surface area contributed by atoms with Gasteiger partial charge in [-0.1, -0.05) is 95.5 Å². The topological polar surface area (TPSA) is 85.7 Å². The third kappa shape index (κ3) is 7.98. The van der Waals surface area contributed by atoms with Crippen molar-refractivity contribution >= 4 is 51.1 Å². The van der Waals surface area contributed by atoms with Crippen molar-refractivity contribution in [2.24, 2.45) is 0 Å². The zero-order valence-electron chi connectivity index (χ0n) is 18.8. The third-order valence-corrected chi connectivity index (χ3v) is 7.54. The van der Waals surface area contributed by atoms with Crippen LogP contribution in [0, 0.1) is 5.41 Å². The summed E-state index contributed by atoms with van der Waals surface area (Å²) in [7, 11) is -4.57. The van der Waals surface area contributed by atoms with Crippen molar-refractivity contribution in [2.75, 3.05) is 6.61 Å². The summed E-state index contributed by atoms with van der Waals surface area (Å²) in [5, 5.41) is 7.21. The van der Waals surface area contributed by atoms with E-state index in [2.05, 4.69) is 0 Å². The molecule has 1 N–H and O–H groups in total. The standard InChI is InChI=1S/C25H23Cl3FNO5S/c26-19-11-21(28)24(12-20(19)27)36(31,32)35-23(16-33-14-17-7-3-1-4-8-17)25(22(29)13-30)34-15-18-9-5-2-6-10-18/h1-13,22-23,25,30H,14-16H2/t22-,23+,25+/m1/s1. The van der Waals surface area contributed by atoms with Crippen molar-refractivity contribution in [2.45, 2.75) is 36.5 Å². The number of rotatable bonds is 13. The monoisotopic (exact) mass is 573 g/mol. The van der Waals surface area contributed by atoms with Crippen LogP contribution in [0.25, 0.3) is 0 Å². The molecule has 0 heterocycles. The van der Waals surface area contributed by atoms with Gasteiger partial charge in [0, 0.05) is 6.21 Å². The number of hydrogen-bond acceptors (Lipinski definition) is 6.